The Labute approximate surface area is 231 Å². The third-order valence-corrected chi connectivity index (χ3v) is 7.45. The van der Waals surface area contributed by atoms with Crippen molar-refractivity contribution >= 4 is 46.1 Å². The molecule has 1 aromatic heterocycles. The maximum Gasteiger partial charge on any atom is 0.242 e. The first kappa shape index (κ1) is 26.3. The normalized spacial score (nSPS) is 11.7. The number of anilines is 2. The highest BCUT2D eigenvalue weighted by Crippen LogP contribution is 2.37. The quantitative estimate of drug-likeness (QED) is 0.177. The summed E-state index contributed by atoms with van der Waals surface area (Å²) in [5.74, 6) is 0.426. The third-order valence-electron chi connectivity index (χ3n) is 6.18. The van der Waals surface area contributed by atoms with Gasteiger partial charge in [0.15, 0.2) is 5.58 Å². The summed E-state index contributed by atoms with van der Waals surface area (Å²) in [5, 5.41) is 5.52. The lowest BCUT2D eigenvalue weighted by Gasteiger charge is -2.17. The monoisotopic (exact) mass is 535 g/mol. The summed E-state index contributed by atoms with van der Waals surface area (Å²) in [5.41, 5.74) is 4.71. The molecule has 2 N–H and O–H groups in total. The van der Waals surface area contributed by atoms with Crippen molar-refractivity contribution in [2.45, 2.75) is 36.3 Å². The van der Waals surface area contributed by atoms with Crippen LogP contribution < -0.4 is 10.6 Å². The number of fused-ring (bicyclic) bond motifs is 1. The summed E-state index contributed by atoms with van der Waals surface area (Å²) in [7, 11) is 0. The van der Waals surface area contributed by atoms with Crippen molar-refractivity contribution in [1.29, 1.82) is 0 Å². The van der Waals surface area contributed by atoms with Gasteiger partial charge in [-0.3, -0.25) is 9.59 Å². The number of hydrogen-bond donors (Lipinski definition) is 2. The van der Waals surface area contributed by atoms with Gasteiger partial charge in [0.2, 0.25) is 17.7 Å². The van der Waals surface area contributed by atoms with Crippen molar-refractivity contribution in [2.24, 2.45) is 0 Å². The van der Waals surface area contributed by atoms with E-state index in [1.54, 1.807) is 0 Å². The number of hydrogen-bond acceptors (Lipinski definition) is 5. The summed E-state index contributed by atoms with van der Waals surface area (Å²) in [6, 6.07) is 32.4. The average Bonchev–Trinajstić information content (AvgIpc) is 3.41. The molecule has 0 aliphatic carbocycles. The first-order chi connectivity index (χ1) is 19.1. The van der Waals surface area contributed by atoms with Gasteiger partial charge < -0.3 is 15.1 Å². The number of unbranched alkanes of at least 4 members (excludes halogenated alkanes) is 1. The Hall–Kier alpha value is -4.36. The van der Waals surface area contributed by atoms with Gasteiger partial charge in [0.1, 0.15) is 10.8 Å². The molecule has 1 unspecified atom stereocenters. The topological polar surface area (TPSA) is 84.2 Å². The van der Waals surface area contributed by atoms with Crippen molar-refractivity contribution in [3.63, 3.8) is 0 Å². The van der Waals surface area contributed by atoms with E-state index in [0.29, 0.717) is 18.0 Å². The molecule has 5 rings (SSSR count). The number of thioether (sulfide) groups is 1. The molecule has 5 aromatic rings. The highest BCUT2D eigenvalue weighted by molar-refractivity contribution is 8.00. The zero-order valence-corrected chi connectivity index (χ0v) is 22.4. The predicted molar refractivity (Wildman–Crippen MR) is 158 cm³/mol. The number of nitrogens with zero attached hydrogens (tertiary/aromatic N) is 1. The Balaban J connectivity index is 1.28. The molecule has 1 atom stereocenters. The predicted octanol–water partition coefficient (Wildman–Crippen LogP) is 8.10. The summed E-state index contributed by atoms with van der Waals surface area (Å²) >= 11 is 1.46. The van der Waals surface area contributed by atoms with Crippen LogP contribution in [-0.4, -0.2) is 16.8 Å². The summed E-state index contributed by atoms with van der Waals surface area (Å²) in [6.07, 6.45) is 2.36. The van der Waals surface area contributed by atoms with Gasteiger partial charge in [-0.2, -0.15) is 0 Å². The molecule has 0 fully saturated rings. The van der Waals surface area contributed by atoms with E-state index in [2.05, 4.69) is 22.5 Å². The molecule has 6 nitrogen and oxygen atoms in total. The molecule has 39 heavy (non-hydrogen) atoms. The third kappa shape index (κ3) is 6.75. The van der Waals surface area contributed by atoms with E-state index in [1.165, 1.54) is 11.8 Å². The second-order valence-corrected chi connectivity index (χ2v) is 10.3. The summed E-state index contributed by atoms with van der Waals surface area (Å²) < 4.78 is 5.86. The van der Waals surface area contributed by atoms with Crippen LogP contribution in [0.4, 0.5) is 11.4 Å². The van der Waals surface area contributed by atoms with E-state index in [1.807, 2.05) is 103 Å². The van der Waals surface area contributed by atoms with E-state index in [9.17, 15) is 9.59 Å². The number of benzene rings is 4. The van der Waals surface area contributed by atoms with Crippen molar-refractivity contribution in [3.8, 4) is 11.5 Å². The Morgan fingerprint density at radius 1 is 0.821 bits per heavy atom. The highest BCUT2D eigenvalue weighted by Gasteiger charge is 2.22. The maximum absolute atomic E-state index is 13.5. The molecule has 1 heterocycles. The fourth-order valence-electron chi connectivity index (χ4n) is 4.11. The molecular weight excluding hydrogens is 506 g/mol. The minimum absolute atomic E-state index is 0.0147. The van der Waals surface area contributed by atoms with Crippen molar-refractivity contribution in [1.82, 2.24) is 4.98 Å². The van der Waals surface area contributed by atoms with E-state index in [-0.39, 0.29) is 11.8 Å². The summed E-state index contributed by atoms with van der Waals surface area (Å²) in [6.45, 7) is 2.06. The van der Waals surface area contributed by atoms with Crippen molar-refractivity contribution in [3.05, 3.63) is 109 Å². The second kappa shape index (κ2) is 12.5. The van der Waals surface area contributed by atoms with Crippen LogP contribution in [0.15, 0.2) is 112 Å². The van der Waals surface area contributed by atoms with Gasteiger partial charge >= 0.3 is 0 Å². The Kier molecular flexibility index (Phi) is 8.39. The van der Waals surface area contributed by atoms with E-state index in [0.717, 1.165) is 45.7 Å². The van der Waals surface area contributed by atoms with Gasteiger partial charge in [0.25, 0.3) is 0 Å². The maximum atomic E-state index is 13.5. The smallest absolute Gasteiger partial charge is 0.242 e. The van der Waals surface area contributed by atoms with Gasteiger partial charge in [-0.1, -0.05) is 55.8 Å². The molecule has 196 valence electrons. The van der Waals surface area contributed by atoms with Crippen molar-refractivity contribution < 1.29 is 14.0 Å². The standard InChI is InChI=1S/C32H29N3O3S/c1-2-3-13-29(36)33-24-18-20-26(21-19-24)39-30(22-9-5-4-6-10-22)31(37)34-25-16-14-23(15-17-25)32-35-27-11-7-8-12-28(27)38-32/h4-12,14-21,30H,2-3,13H2,1H3,(H,33,36)(H,34,37). The Morgan fingerprint density at radius 2 is 1.49 bits per heavy atom. The fraction of sp³-hybridized carbons (Fsp3) is 0.156. The molecule has 4 aromatic carbocycles. The largest absolute Gasteiger partial charge is 0.436 e. The van der Waals surface area contributed by atoms with Crippen LogP contribution in [0.25, 0.3) is 22.6 Å². The number of aromatic nitrogens is 1. The van der Waals surface area contributed by atoms with Crippen LogP contribution in [0.5, 0.6) is 0 Å². The minimum Gasteiger partial charge on any atom is -0.436 e. The lowest BCUT2D eigenvalue weighted by atomic mass is 10.1. The molecule has 7 heteroatoms. The Morgan fingerprint density at radius 3 is 2.21 bits per heavy atom. The number of rotatable bonds is 10. The van der Waals surface area contributed by atoms with E-state index < -0.39 is 5.25 Å². The molecule has 0 radical (unpaired) electrons. The van der Waals surface area contributed by atoms with Crippen LogP contribution >= 0.6 is 11.8 Å². The fourth-order valence-corrected chi connectivity index (χ4v) is 5.14. The minimum atomic E-state index is -0.465. The molecule has 0 aliphatic rings. The lowest BCUT2D eigenvalue weighted by molar-refractivity contribution is -0.116. The van der Waals surface area contributed by atoms with Gasteiger partial charge in [-0.25, -0.2) is 4.98 Å². The zero-order chi connectivity index (χ0) is 27.0. The molecule has 0 spiro atoms. The average molecular weight is 536 g/mol. The van der Waals surface area contributed by atoms with Gasteiger partial charge in [0, 0.05) is 28.3 Å². The van der Waals surface area contributed by atoms with Crippen LogP contribution in [0.3, 0.4) is 0 Å². The molecule has 0 saturated heterocycles. The van der Waals surface area contributed by atoms with Crippen LogP contribution in [-0.2, 0) is 9.59 Å². The van der Waals surface area contributed by atoms with E-state index in [4.69, 9.17) is 4.42 Å². The highest BCUT2D eigenvalue weighted by atomic mass is 32.2. The van der Waals surface area contributed by atoms with Crippen LogP contribution in [0.2, 0.25) is 0 Å². The van der Waals surface area contributed by atoms with Gasteiger partial charge in [0.05, 0.1) is 0 Å². The van der Waals surface area contributed by atoms with Crippen molar-refractivity contribution in [2.75, 3.05) is 10.6 Å². The summed E-state index contributed by atoms with van der Waals surface area (Å²) in [4.78, 5) is 31.0. The SMILES string of the molecule is CCCCC(=O)Nc1ccc(SC(C(=O)Nc2ccc(-c3nc4ccccc4o3)cc2)c2ccccc2)cc1. The lowest BCUT2D eigenvalue weighted by Crippen LogP contribution is -2.19. The zero-order valence-electron chi connectivity index (χ0n) is 21.6. The first-order valence-corrected chi connectivity index (χ1v) is 13.9. The number of para-hydroxylation sites is 2. The van der Waals surface area contributed by atoms with Gasteiger partial charge in [-0.15, -0.1) is 11.8 Å². The van der Waals surface area contributed by atoms with Crippen LogP contribution in [0, 0.1) is 0 Å². The molecular formula is C32H29N3O3S. The Bertz CT molecular complexity index is 1510. The number of amides is 2. The number of oxazole rings is 1. The molecule has 0 bridgehead atoms. The molecule has 0 saturated carbocycles. The molecule has 0 aliphatic heterocycles. The second-order valence-electron chi connectivity index (χ2n) is 9.14. The first-order valence-electron chi connectivity index (χ1n) is 13.0. The van der Waals surface area contributed by atoms with Crippen LogP contribution in [0.1, 0.15) is 37.0 Å². The number of carbonyl (C=O) groups excluding carboxylic acids is 2. The number of carbonyl (C=O) groups is 2. The van der Waals surface area contributed by atoms with E-state index >= 15 is 0 Å². The number of nitrogens with one attached hydrogen (secondary N) is 2. The van der Waals surface area contributed by atoms with Gasteiger partial charge in [-0.05, 0) is 72.6 Å². The molecule has 2 amide bonds.